The summed E-state index contributed by atoms with van der Waals surface area (Å²) in [4.78, 5) is 25.6. The first kappa shape index (κ1) is 25.1. The number of halogens is 1. The summed E-state index contributed by atoms with van der Waals surface area (Å²) in [5.74, 6) is 2.01. The van der Waals surface area contributed by atoms with E-state index in [1.165, 1.54) is 28.4 Å². The van der Waals surface area contributed by atoms with E-state index in [0.717, 1.165) is 0 Å². The number of ether oxygens (including phenoxy) is 3. The Hall–Kier alpha value is -3.97. The molecule has 192 valence electrons. The number of aromatic nitrogens is 3. The average Bonchev–Trinajstić information content (AvgIpc) is 2.84. The van der Waals surface area contributed by atoms with Crippen molar-refractivity contribution >= 4 is 34.5 Å². The molecular weight excluding hydrogens is 473 g/mol. The summed E-state index contributed by atoms with van der Waals surface area (Å²) >= 11 is 0. The Morgan fingerprint density at radius 3 is 2.44 bits per heavy atom. The maximum Gasteiger partial charge on any atom is 0.320 e. The van der Waals surface area contributed by atoms with E-state index in [1.54, 1.807) is 30.5 Å². The van der Waals surface area contributed by atoms with Gasteiger partial charge in [0.1, 0.15) is 17.9 Å². The van der Waals surface area contributed by atoms with Crippen LogP contribution in [0.2, 0.25) is 0 Å². The van der Waals surface area contributed by atoms with Gasteiger partial charge in [0.2, 0.25) is 5.75 Å². The molecule has 0 saturated carbocycles. The topological polar surface area (TPSA) is 143 Å². The van der Waals surface area contributed by atoms with E-state index >= 15 is 0 Å². The molecule has 3 aromatic rings. The normalized spacial score (nSPS) is 21.5. The van der Waals surface area contributed by atoms with E-state index in [2.05, 4.69) is 30.9 Å². The van der Waals surface area contributed by atoms with Crippen molar-refractivity contribution in [1.29, 1.82) is 0 Å². The molecule has 1 fully saturated rings. The van der Waals surface area contributed by atoms with Gasteiger partial charge in [-0.3, -0.25) is 5.32 Å². The van der Waals surface area contributed by atoms with Gasteiger partial charge in [-0.25, -0.2) is 24.1 Å². The first-order chi connectivity index (χ1) is 17.2. The summed E-state index contributed by atoms with van der Waals surface area (Å²) in [5.41, 5.74) is 1.42. The lowest BCUT2D eigenvalue weighted by atomic mass is 10.0. The van der Waals surface area contributed by atoms with Crippen molar-refractivity contribution in [2.24, 2.45) is 0 Å². The molecule has 36 heavy (non-hydrogen) atoms. The van der Waals surface area contributed by atoms with Crippen LogP contribution in [-0.4, -0.2) is 79.3 Å². The van der Waals surface area contributed by atoms with Crippen LogP contribution < -0.4 is 30.2 Å². The zero-order valence-corrected chi connectivity index (χ0v) is 20.4. The molecule has 0 aliphatic carbocycles. The van der Waals surface area contributed by atoms with Crippen LogP contribution in [0.25, 0.3) is 11.2 Å². The number of hydrogen-bond donors (Lipinski definition) is 3. The monoisotopic (exact) mass is 501 g/mol. The molecule has 4 rings (SSSR count). The van der Waals surface area contributed by atoms with E-state index in [4.69, 9.17) is 14.2 Å². The third-order valence-electron chi connectivity index (χ3n) is 5.81. The van der Waals surface area contributed by atoms with Crippen LogP contribution >= 0.6 is 0 Å². The van der Waals surface area contributed by atoms with Crippen molar-refractivity contribution in [2.45, 2.75) is 18.6 Å². The highest BCUT2D eigenvalue weighted by Gasteiger charge is 2.34. The molecule has 3 atom stereocenters. The molecule has 3 unspecified atom stereocenters. The van der Waals surface area contributed by atoms with E-state index in [1.807, 2.05) is 0 Å². The number of carbonyl (C=O) groups is 1. The molecule has 2 amide bonds. The maximum absolute atomic E-state index is 14.3. The molecule has 0 spiro atoms. The summed E-state index contributed by atoms with van der Waals surface area (Å²) in [6.45, 7) is 0.0351. The van der Waals surface area contributed by atoms with Crippen molar-refractivity contribution in [1.82, 2.24) is 20.3 Å². The fourth-order valence-corrected chi connectivity index (χ4v) is 3.99. The molecule has 1 aliphatic heterocycles. The largest absolute Gasteiger partial charge is 0.633 e. The van der Waals surface area contributed by atoms with Crippen LogP contribution in [0, 0.1) is 5.21 Å². The summed E-state index contributed by atoms with van der Waals surface area (Å²) in [7, 11) is 5.99. The number of alkyl halides is 1. The van der Waals surface area contributed by atoms with Crippen molar-refractivity contribution in [2.75, 3.05) is 52.1 Å². The molecule has 3 N–H and O–H groups in total. The lowest BCUT2D eigenvalue weighted by molar-refractivity contribution is -0.868. The number of benzene rings is 1. The highest BCUT2D eigenvalue weighted by molar-refractivity contribution is 5.89. The lowest BCUT2D eigenvalue weighted by Crippen LogP contribution is -2.57. The molecule has 2 aromatic heterocycles. The molecule has 1 aromatic carbocycles. The van der Waals surface area contributed by atoms with E-state index in [9.17, 15) is 14.4 Å². The fourth-order valence-electron chi connectivity index (χ4n) is 3.99. The number of likely N-dealkylation sites (tertiary alicyclic amines) is 1. The standard InChI is InChI=1S/C23H28FN7O5/c1-31(33)8-7-15(14(24)12-31)27-23(32)30-19-6-5-16-22(28-19)29-20(11-25-16)26-13-9-17(34-2)21(36-4)18(10-13)35-3/h5-6,9-11,14-15H,7-8,12H2,1-4H3,(H3,26,27,28,29,30,32). The van der Waals surface area contributed by atoms with Gasteiger partial charge in [-0.15, -0.1) is 0 Å². The highest BCUT2D eigenvalue weighted by Crippen LogP contribution is 2.40. The Bertz CT molecular complexity index is 1230. The molecule has 12 nitrogen and oxygen atoms in total. The predicted octanol–water partition coefficient (Wildman–Crippen LogP) is 2.97. The first-order valence-corrected chi connectivity index (χ1v) is 11.2. The van der Waals surface area contributed by atoms with Crippen LogP contribution in [-0.2, 0) is 0 Å². The Morgan fingerprint density at radius 1 is 1.11 bits per heavy atom. The van der Waals surface area contributed by atoms with Crippen LogP contribution in [0.3, 0.4) is 0 Å². The van der Waals surface area contributed by atoms with Crippen molar-refractivity contribution in [3.8, 4) is 17.2 Å². The number of rotatable bonds is 7. The van der Waals surface area contributed by atoms with Gasteiger partial charge >= 0.3 is 6.03 Å². The van der Waals surface area contributed by atoms with Crippen LogP contribution in [0.4, 0.5) is 26.5 Å². The minimum Gasteiger partial charge on any atom is -0.633 e. The van der Waals surface area contributed by atoms with Gasteiger partial charge in [0, 0.05) is 24.2 Å². The number of urea groups is 1. The first-order valence-electron chi connectivity index (χ1n) is 11.2. The van der Waals surface area contributed by atoms with E-state index in [0.29, 0.717) is 34.3 Å². The number of hydrogen-bond acceptors (Lipinski definition) is 9. The number of hydroxylamine groups is 3. The van der Waals surface area contributed by atoms with E-state index < -0.39 is 22.9 Å². The van der Waals surface area contributed by atoms with Gasteiger partial charge in [-0.05, 0) is 12.1 Å². The number of piperidine rings is 1. The number of carbonyl (C=O) groups excluding carboxylic acids is 1. The van der Waals surface area contributed by atoms with Crippen molar-refractivity contribution < 1.29 is 28.0 Å². The Balaban J connectivity index is 1.48. The molecule has 1 saturated heterocycles. The Labute approximate surface area is 207 Å². The lowest BCUT2D eigenvalue weighted by Gasteiger charge is -2.45. The number of nitrogens with zero attached hydrogens (tertiary/aromatic N) is 4. The molecule has 1 aliphatic rings. The third kappa shape index (κ3) is 5.63. The fraction of sp³-hybridized carbons (Fsp3) is 0.391. The van der Waals surface area contributed by atoms with Gasteiger partial charge in [-0.2, -0.15) is 0 Å². The minimum atomic E-state index is -1.42. The second-order valence-electron chi connectivity index (χ2n) is 8.55. The minimum absolute atomic E-state index is 0.198. The third-order valence-corrected chi connectivity index (χ3v) is 5.81. The number of fused-ring (bicyclic) bond motifs is 1. The predicted molar refractivity (Wildman–Crippen MR) is 131 cm³/mol. The van der Waals surface area contributed by atoms with Gasteiger partial charge in [-0.1, -0.05) is 0 Å². The number of pyridine rings is 1. The molecule has 13 heteroatoms. The summed E-state index contributed by atoms with van der Waals surface area (Å²) in [5, 5.41) is 20.2. The molecule has 3 heterocycles. The van der Waals surface area contributed by atoms with Gasteiger partial charge in [0.25, 0.3) is 0 Å². The van der Waals surface area contributed by atoms with Gasteiger partial charge in [0.15, 0.2) is 29.1 Å². The quantitative estimate of drug-likeness (QED) is 0.329. The zero-order chi connectivity index (χ0) is 25.9. The number of amides is 2. The van der Waals surface area contributed by atoms with Gasteiger partial charge in [0.05, 0.1) is 47.2 Å². The number of anilines is 3. The summed E-state index contributed by atoms with van der Waals surface area (Å²) < 4.78 is 29.7. The highest BCUT2D eigenvalue weighted by atomic mass is 19.1. The van der Waals surface area contributed by atoms with Crippen LogP contribution in [0.5, 0.6) is 17.2 Å². The Morgan fingerprint density at radius 2 is 1.81 bits per heavy atom. The Kier molecular flexibility index (Phi) is 7.22. The number of quaternary nitrogens is 1. The summed E-state index contributed by atoms with van der Waals surface area (Å²) in [6, 6.07) is 5.33. The second-order valence-corrected chi connectivity index (χ2v) is 8.55. The molecular formula is C23H28FN7O5. The molecule has 0 radical (unpaired) electrons. The summed E-state index contributed by atoms with van der Waals surface area (Å²) in [6.07, 6.45) is 0.368. The van der Waals surface area contributed by atoms with E-state index in [-0.39, 0.29) is 31.0 Å². The maximum atomic E-state index is 14.3. The van der Waals surface area contributed by atoms with Crippen molar-refractivity contribution in [3.05, 3.63) is 35.7 Å². The SMILES string of the molecule is COc1cc(Nc2cnc3ccc(NC(=O)NC4CC[N+](C)([O-])CC4F)nc3n2)cc(OC)c1OC. The van der Waals surface area contributed by atoms with Crippen molar-refractivity contribution in [3.63, 3.8) is 0 Å². The zero-order valence-electron chi connectivity index (χ0n) is 20.4. The second kappa shape index (κ2) is 10.3. The number of nitrogens with one attached hydrogen (secondary N) is 3. The molecule has 0 bridgehead atoms. The van der Waals surface area contributed by atoms with Crippen LogP contribution in [0.1, 0.15) is 6.42 Å². The van der Waals surface area contributed by atoms with Gasteiger partial charge < -0.3 is 34.7 Å². The average molecular weight is 502 g/mol. The van der Waals surface area contributed by atoms with Crippen LogP contribution in [0.15, 0.2) is 30.5 Å². The number of methoxy groups -OCH3 is 3. The smallest absolute Gasteiger partial charge is 0.320 e.